The number of rotatable bonds is 5. The van der Waals surface area contributed by atoms with Crippen LogP contribution in [-0.2, 0) is 4.79 Å². The van der Waals surface area contributed by atoms with Crippen LogP contribution in [0.5, 0.6) is 0 Å². The maximum atomic E-state index is 12.2. The van der Waals surface area contributed by atoms with E-state index in [0.717, 1.165) is 16.8 Å². The number of aryl methyl sites for hydroxylation is 2. The lowest BCUT2D eigenvalue weighted by atomic mass is 10.0. The second-order valence-electron chi connectivity index (χ2n) is 8.28. The molecule has 1 atom stereocenters. The van der Waals surface area contributed by atoms with Gasteiger partial charge in [0.05, 0.1) is 0 Å². The highest BCUT2D eigenvalue weighted by Crippen LogP contribution is 2.33. The maximum absolute atomic E-state index is 12.2. The molecule has 4 rings (SSSR count). The van der Waals surface area contributed by atoms with Gasteiger partial charge in [-0.1, -0.05) is 73.5 Å². The summed E-state index contributed by atoms with van der Waals surface area (Å²) in [6.45, 7) is 8.17. The number of allylic oxidation sites excluding steroid dienone is 1. The molecule has 1 amide bonds. The number of carbonyl (C=O) groups is 1. The summed E-state index contributed by atoms with van der Waals surface area (Å²) in [5.41, 5.74) is 5.58. The average molecular weight is 402 g/mol. The van der Waals surface area contributed by atoms with Gasteiger partial charge in [-0.05, 0) is 37.0 Å². The van der Waals surface area contributed by atoms with Crippen LogP contribution in [0.15, 0.2) is 54.6 Å². The van der Waals surface area contributed by atoms with Crippen LogP contribution in [0.1, 0.15) is 48.6 Å². The lowest BCUT2D eigenvalue weighted by molar-refractivity contribution is -0.116. The van der Waals surface area contributed by atoms with Gasteiger partial charge in [0.25, 0.3) is 5.95 Å². The molecule has 3 aromatic rings. The molecule has 1 aromatic heterocycles. The van der Waals surface area contributed by atoms with E-state index in [9.17, 15) is 4.79 Å². The minimum atomic E-state index is -0.124. The first-order valence-electron chi connectivity index (χ1n) is 10.3. The number of carbonyl (C=O) groups excluding carboxylic acids is 1. The number of fused-ring (bicyclic) bond motifs is 1. The molecule has 0 fully saturated rings. The van der Waals surface area contributed by atoms with Gasteiger partial charge in [-0.3, -0.25) is 10.1 Å². The summed E-state index contributed by atoms with van der Waals surface area (Å²) in [6, 6.07) is 16.7. The number of nitrogens with one attached hydrogen (secondary N) is 2. The van der Waals surface area contributed by atoms with Gasteiger partial charge in [0.1, 0.15) is 6.04 Å². The van der Waals surface area contributed by atoms with E-state index in [2.05, 4.69) is 89.2 Å². The van der Waals surface area contributed by atoms with E-state index in [1.807, 2.05) is 18.5 Å². The van der Waals surface area contributed by atoms with Crippen LogP contribution in [0.4, 0.5) is 11.9 Å². The highest BCUT2D eigenvalue weighted by Gasteiger charge is 2.25. The van der Waals surface area contributed by atoms with E-state index in [1.165, 1.54) is 11.1 Å². The highest BCUT2D eigenvalue weighted by atomic mass is 16.1. The van der Waals surface area contributed by atoms with Gasteiger partial charge >= 0.3 is 0 Å². The van der Waals surface area contributed by atoms with Crippen molar-refractivity contribution in [2.75, 3.05) is 10.6 Å². The fraction of sp³-hybridized carbons (Fsp3) is 0.292. The van der Waals surface area contributed by atoms with Crippen LogP contribution in [0, 0.1) is 19.8 Å². The van der Waals surface area contributed by atoms with Gasteiger partial charge in [-0.15, -0.1) is 5.10 Å². The van der Waals surface area contributed by atoms with Crippen LogP contribution in [0.25, 0.3) is 5.70 Å². The number of nitrogens with zero attached hydrogens (tertiary/aromatic N) is 3. The zero-order chi connectivity index (χ0) is 21.3. The quantitative estimate of drug-likeness (QED) is 0.635. The van der Waals surface area contributed by atoms with Gasteiger partial charge in [-0.2, -0.15) is 4.98 Å². The maximum Gasteiger partial charge on any atom is 0.250 e. The van der Waals surface area contributed by atoms with Crippen molar-refractivity contribution in [3.63, 3.8) is 0 Å². The topological polar surface area (TPSA) is 71.8 Å². The van der Waals surface area contributed by atoms with Crippen LogP contribution < -0.4 is 10.6 Å². The Morgan fingerprint density at radius 3 is 2.33 bits per heavy atom. The van der Waals surface area contributed by atoms with E-state index >= 15 is 0 Å². The molecule has 0 saturated carbocycles. The molecular formula is C24H27N5O. The Morgan fingerprint density at radius 2 is 1.70 bits per heavy atom. The fourth-order valence-electron chi connectivity index (χ4n) is 3.50. The predicted octanol–water partition coefficient (Wildman–Crippen LogP) is 4.94. The predicted molar refractivity (Wildman–Crippen MR) is 120 cm³/mol. The molecule has 0 radical (unpaired) electrons. The van der Waals surface area contributed by atoms with Crippen molar-refractivity contribution < 1.29 is 4.79 Å². The smallest absolute Gasteiger partial charge is 0.250 e. The van der Waals surface area contributed by atoms with E-state index < -0.39 is 0 Å². The van der Waals surface area contributed by atoms with E-state index in [4.69, 9.17) is 0 Å². The van der Waals surface area contributed by atoms with Crippen LogP contribution in [-0.4, -0.2) is 20.7 Å². The number of hydrogen-bond donors (Lipinski definition) is 2. The van der Waals surface area contributed by atoms with Gasteiger partial charge in [0, 0.05) is 12.1 Å². The lowest BCUT2D eigenvalue weighted by Gasteiger charge is -2.24. The summed E-state index contributed by atoms with van der Waals surface area (Å²) in [5.74, 6) is 1.12. The van der Waals surface area contributed by atoms with Crippen molar-refractivity contribution in [1.29, 1.82) is 0 Å². The van der Waals surface area contributed by atoms with Crippen LogP contribution in [0.2, 0.25) is 0 Å². The average Bonchev–Trinajstić information content (AvgIpc) is 3.10. The van der Waals surface area contributed by atoms with E-state index in [1.54, 1.807) is 0 Å². The first kappa shape index (κ1) is 19.9. The number of benzene rings is 2. The lowest BCUT2D eigenvalue weighted by Crippen LogP contribution is -2.20. The minimum Gasteiger partial charge on any atom is -0.324 e. The van der Waals surface area contributed by atoms with Crippen molar-refractivity contribution >= 4 is 23.5 Å². The molecule has 6 heteroatoms. The van der Waals surface area contributed by atoms with Crippen molar-refractivity contribution in [2.45, 2.75) is 40.2 Å². The van der Waals surface area contributed by atoms with Crippen molar-refractivity contribution in [1.82, 2.24) is 14.8 Å². The summed E-state index contributed by atoms with van der Waals surface area (Å²) in [4.78, 5) is 16.8. The van der Waals surface area contributed by atoms with Gasteiger partial charge in [-0.25, -0.2) is 4.68 Å². The molecule has 2 heterocycles. The molecule has 2 aromatic carbocycles. The molecule has 1 aliphatic rings. The molecule has 0 saturated heterocycles. The summed E-state index contributed by atoms with van der Waals surface area (Å²) in [5, 5.41) is 10.8. The Kier molecular flexibility index (Phi) is 5.40. The summed E-state index contributed by atoms with van der Waals surface area (Å²) in [7, 11) is 0. The van der Waals surface area contributed by atoms with Gasteiger partial charge in [0.15, 0.2) is 0 Å². The Morgan fingerprint density at radius 1 is 1.07 bits per heavy atom. The highest BCUT2D eigenvalue weighted by molar-refractivity contribution is 5.89. The van der Waals surface area contributed by atoms with Crippen molar-refractivity contribution in [3.05, 3.63) is 76.9 Å². The fourth-order valence-corrected chi connectivity index (χ4v) is 3.50. The molecule has 0 unspecified atom stereocenters. The third-order valence-corrected chi connectivity index (χ3v) is 5.09. The normalized spacial score (nSPS) is 15.4. The number of aromatic nitrogens is 3. The van der Waals surface area contributed by atoms with Crippen molar-refractivity contribution in [3.8, 4) is 0 Å². The second kappa shape index (κ2) is 8.14. The molecule has 0 spiro atoms. The molecule has 0 bridgehead atoms. The van der Waals surface area contributed by atoms with Gasteiger partial charge in [0.2, 0.25) is 11.9 Å². The van der Waals surface area contributed by atoms with Gasteiger partial charge < -0.3 is 5.32 Å². The largest absolute Gasteiger partial charge is 0.324 e. The Hall–Kier alpha value is -3.41. The molecule has 2 N–H and O–H groups in total. The molecular weight excluding hydrogens is 374 g/mol. The number of anilines is 2. The second-order valence-corrected chi connectivity index (χ2v) is 8.28. The molecule has 30 heavy (non-hydrogen) atoms. The molecule has 0 aliphatic carbocycles. The minimum absolute atomic E-state index is 0.0773. The summed E-state index contributed by atoms with van der Waals surface area (Å²) < 4.78 is 1.83. The molecule has 6 nitrogen and oxygen atoms in total. The number of amides is 1. The third-order valence-electron chi connectivity index (χ3n) is 5.09. The Labute approximate surface area is 177 Å². The first-order chi connectivity index (χ1) is 14.4. The zero-order valence-electron chi connectivity index (χ0n) is 17.8. The summed E-state index contributed by atoms with van der Waals surface area (Å²) >= 11 is 0. The third kappa shape index (κ3) is 4.27. The van der Waals surface area contributed by atoms with Crippen LogP contribution in [0.3, 0.4) is 0 Å². The summed E-state index contributed by atoms with van der Waals surface area (Å²) in [6.07, 6.45) is 2.59. The standard InChI is InChI=1S/C24H27N5O/c1-15(2)13-22(30)26-23-27-24-25-20(18-9-5-16(3)6-10-18)14-21(29(24)28-23)19-11-7-17(4)8-12-19/h5-12,14-15,21H,13H2,1-4H3,(H2,25,26,27,28,30)/t21-/m0/s1. The van der Waals surface area contributed by atoms with E-state index in [0.29, 0.717) is 18.3 Å². The van der Waals surface area contributed by atoms with Crippen molar-refractivity contribution in [2.24, 2.45) is 5.92 Å². The Balaban J connectivity index is 1.71. The zero-order valence-corrected chi connectivity index (χ0v) is 17.8. The SMILES string of the molecule is Cc1ccc(C2=C[C@@H](c3ccc(C)cc3)n3nc(NC(=O)CC(C)C)nc3N2)cc1. The van der Waals surface area contributed by atoms with Crippen LogP contribution >= 0.6 is 0 Å². The Bertz CT molecular complexity index is 1080. The molecule has 1 aliphatic heterocycles. The number of hydrogen-bond acceptors (Lipinski definition) is 4. The first-order valence-corrected chi connectivity index (χ1v) is 10.3. The molecule has 154 valence electrons. The monoisotopic (exact) mass is 401 g/mol. The van der Waals surface area contributed by atoms with E-state index in [-0.39, 0.29) is 17.9 Å².